The molecule has 1 aromatic rings. The van der Waals surface area contributed by atoms with Crippen molar-refractivity contribution >= 4 is 0 Å². The minimum Gasteiger partial charge on any atom is -0.389 e. The van der Waals surface area contributed by atoms with Gasteiger partial charge in [0.25, 0.3) is 5.56 Å². The van der Waals surface area contributed by atoms with Crippen molar-refractivity contribution in [1.82, 2.24) is 14.5 Å². The van der Waals surface area contributed by atoms with Gasteiger partial charge in [-0.1, -0.05) is 20.8 Å². The van der Waals surface area contributed by atoms with Gasteiger partial charge in [0.2, 0.25) is 0 Å². The maximum Gasteiger partial charge on any atom is 0.253 e. The van der Waals surface area contributed by atoms with Crippen LogP contribution in [0.3, 0.4) is 0 Å². The quantitative estimate of drug-likeness (QED) is 0.917. The predicted molar refractivity (Wildman–Crippen MR) is 95.2 cm³/mol. The number of piperidine rings is 1. The molecule has 2 heterocycles. The summed E-state index contributed by atoms with van der Waals surface area (Å²) in [5, 5.41) is 10.3. The van der Waals surface area contributed by atoms with Gasteiger partial charge in [0.1, 0.15) is 0 Å². The van der Waals surface area contributed by atoms with E-state index in [1.54, 1.807) is 17.0 Å². The summed E-state index contributed by atoms with van der Waals surface area (Å²) in [6.07, 6.45) is 6.95. The number of aromatic nitrogens is 2. The highest BCUT2D eigenvalue weighted by molar-refractivity contribution is 5.10. The summed E-state index contributed by atoms with van der Waals surface area (Å²) >= 11 is 0. The molecule has 0 bridgehead atoms. The highest BCUT2D eigenvalue weighted by Gasteiger charge is 2.36. The zero-order valence-corrected chi connectivity index (χ0v) is 15.3. The van der Waals surface area contributed by atoms with E-state index in [4.69, 9.17) is 0 Å². The lowest BCUT2D eigenvalue weighted by Crippen LogP contribution is -2.50. The van der Waals surface area contributed by atoms with Crippen molar-refractivity contribution in [3.05, 3.63) is 28.4 Å². The topological polar surface area (TPSA) is 58.4 Å². The minimum absolute atomic E-state index is 0.0566. The number of aliphatic hydroxyl groups is 1. The molecule has 134 valence electrons. The molecule has 0 spiro atoms. The summed E-state index contributed by atoms with van der Waals surface area (Å²) in [7, 11) is 0. The van der Waals surface area contributed by atoms with E-state index in [0.717, 1.165) is 64.0 Å². The van der Waals surface area contributed by atoms with Gasteiger partial charge in [-0.15, -0.1) is 0 Å². The molecule has 1 saturated carbocycles. The standard InChI is InChI=1S/C19H31N3O2/c1-18(2,3)16-11-17(23)22(14-20-16)12-15-5-9-21(10-6-15)13-19(24)7-4-8-19/h11,14-15,24H,4-10,12-13H2,1-3H3. The molecule has 1 aliphatic carbocycles. The summed E-state index contributed by atoms with van der Waals surface area (Å²) in [4.78, 5) is 19.2. The predicted octanol–water partition coefficient (Wildman–Crippen LogP) is 2.17. The van der Waals surface area contributed by atoms with Gasteiger partial charge in [-0.3, -0.25) is 9.36 Å². The van der Waals surface area contributed by atoms with E-state index in [1.807, 2.05) is 0 Å². The van der Waals surface area contributed by atoms with Crippen LogP contribution in [-0.4, -0.2) is 44.8 Å². The number of β-amino-alcohol motifs (C(OH)–C–C–N with tert-alkyl or cyclic N) is 1. The van der Waals surface area contributed by atoms with Crippen LogP contribution in [-0.2, 0) is 12.0 Å². The fourth-order valence-corrected chi connectivity index (χ4v) is 3.74. The van der Waals surface area contributed by atoms with Gasteiger partial charge in [-0.2, -0.15) is 0 Å². The largest absolute Gasteiger partial charge is 0.389 e. The maximum atomic E-state index is 12.3. The molecule has 1 aliphatic heterocycles. The molecule has 1 saturated heterocycles. The van der Waals surface area contributed by atoms with E-state index >= 15 is 0 Å². The normalized spacial score (nSPS) is 22.3. The number of hydrogen-bond acceptors (Lipinski definition) is 4. The molecule has 3 rings (SSSR count). The van der Waals surface area contributed by atoms with Gasteiger partial charge in [0, 0.05) is 24.6 Å². The first-order chi connectivity index (χ1) is 11.3. The number of rotatable bonds is 4. The Morgan fingerprint density at radius 3 is 2.46 bits per heavy atom. The molecule has 0 aromatic carbocycles. The van der Waals surface area contributed by atoms with Crippen LogP contribution in [0.25, 0.3) is 0 Å². The second kappa shape index (κ2) is 6.60. The zero-order valence-electron chi connectivity index (χ0n) is 15.3. The fourth-order valence-electron chi connectivity index (χ4n) is 3.74. The van der Waals surface area contributed by atoms with Crippen LogP contribution in [0.5, 0.6) is 0 Å². The van der Waals surface area contributed by atoms with Crippen molar-refractivity contribution in [2.75, 3.05) is 19.6 Å². The molecule has 1 aromatic heterocycles. The first-order valence-corrected chi connectivity index (χ1v) is 9.27. The fraction of sp³-hybridized carbons (Fsp3) is 0.789. The van der Waals surface area contributed by atoms with Gasteiger partial charge in [0.15, 0.2) is 0 Å². The molecule has 24 heavy (non-hydrogen) atoms. The average molecular weight is 333 g/mol. The highest BCUT2D eigenvalue weighted by atomic mass is 16.3. The van der Waals surface area contributed by atoms with Crippen LogP contribution in [0.4, 0.5) is 0 Å². The number of nitrogens with zero attached hydrogens (tertiary/aromatic N) is 3. The lowest BCUT2D eigenvalue weighted by molar-refractivity contribution is -0.0639. The molecular weight excluding hydrogens is 302 g/mol. The highest BCUT2D eigenvalue weighted by Crippen LogP contribution is 2.33. The number of likely N-dealkylation sites (tertiary alicyclic amines) is 1. The molecule has 0 unspecified atom stereocenters. The molecule has 2 fully saturated rings. The molecule has 0 amide bonds. The summed E-state index contributed by atoms with van der Waals surface area (Å²) < 4.78 is 1.76. The smallest absolute Gasteiger partial charge is 0.253 e. The zero-order chi connectivity index (χ0) is 17.4. The Morgan fingerprint density at radius 1 is 1.29 bits per heavy atom. The molecule has 0 radical (unpaired) electrons. The van der Waals surface area contributed by atoms with Crippen molar-refractivity contribution in [2.24, 2.45) is 5.92 Å². The molecule has 5 heteroatoms. The Morgan fingerprint density at radius 2 is 1.96 bits per heavy atom. The van der Waals surface area contributed by atoms with Gasteiger partial charge in [-0.25, -0.2) is 4.98 Å². The van der Waals surface area contributed by atoms with Crippen LogP contribution >= 0.6 is 0 Å². The van der Waals surface area contributed by atoms with Gasteiger partial charge in [0.05, 0.1) is 17.6 Å². The van der Waals surface area contributed by atoms with Gasteiger partial charge < -0.3 is 10.0 Å². The lowest BCUT2D eigenvalue weighted by atomic mass is 9.79. The van der Waals surface area contributed by atoms with Crippen molar-refractivity contribution in [2.45, 2.75) is 70.4 Å². The monoisotopic (exact) mass is 333 g/mol. The van der Waals surface area contributed by atoms with Crippen LogP contribution in [0, 0.1) is 5.92 Å². The SMILES string of the molecule is CC(C)(C)c1cc(=O)n(CC2CCN(CC3(O)CCC3)CC2)cn1. The number of hydrogen-bond donors (Lipinski definition) is 1. The van der Waals surface area contributed by atoms with Crippen molar-refractivity contribution < 1.29 is 5.11 Å². The Labute approximate surface area is 144 Å². The van der Waals surface area contributed by atoms with Crippen LogP contribution in [0.15, 0.2) is 17.2 Å². The molecule has 5 nitrogen and oxygen atoms in total. The minimum atomic E-state index is -0.420. The molecule has 0 atom stereocenters. The van der Waals surface area contributed by atoms with Crippen molar-refractivity contribution in [3.8, 4) is 0 Å². The summed E-state index contributed by atoms with van der Waals surface area (Å²) in [6.45, 7) is 9.85. The second-order valence-electron chi connectivity index (χ2n) is 8.81. The van der Waals surface area contributed by atoms with E-state index in [-0.39, 0.29) is 11.0 Å². The second-order valence-corrected chi connectivity index (χ2v) is 8.81. The average Bonchev–Trinajstić information content (AvgIpc) is 2.48. The molecular formula is C19H31N3O2. The summed E-state index contributed by atoms with van der Waals surface area (Å²) in [5.41, 5.74) is 0.399. The van der Waals surface area contributed by atoms with Gasteiger partial charge in [-0.05, 0) is 51.1 Å². The molecule has 2 aliphatic rings. The first-order valence-electron chi connectivity index (χ1n) is 9.27. The third-order valence-corrected chi connectivity index (χ3v) is 5.61. The van der Waals surface area contributed by atoms with Crippen molar-refractivity contribution in [3.63, 3.8) is 0 Å². The van der Waals surface area contributed by atoms with Crippen molar-refractivity contribution in [1.29, 1.82) is 0 Å². The Bertz CT molecular complexity index is 620. The van der Waals surface area contributed by atoms with E-state index in [9.17, 15) is 9.90 Å². The third-order valence-electron chi connectivity index (χ3n) is 5.61. The third kappa shape index (κ3) is 4.06. The van der Waals surface area contributed by atoms with Crippen LogP contribution < -0.4 is 5.56 Å². The van der Waals surface area contributed by atoms with E-state index in [1.165, 1.54) is 0 Å². The summed E-state index contributed by atoms with van der Waals surface area (Å²) in [6, 6.07) is 1.68. The summed E-state index contributed by atoms with van der Waals surface area (Å²) in [5.74, 6) is 0.525. The van der Waals surface area contributed by atoms with Gasteiger partial charge >= 0.3 is 0 Å². The van der Waals surface area contributed by atoms with E-state index in [0.29, 0.717) is 5.92 Å². The van der Waals surface area contributed by atoms with E-state index < -0.39 is 5.60 Å². The Balaban J connectivity index is 1.53. The Hall–Kier alpha value is -1.20. The van der Waals surface area contributed by atoms with E-state index in [2.05, 4.69) is 30.7 Å². The lowest BCUT2D eigenvalue weighted by Gasteiger charge is -2.42. The Kier molecular flexibility index (Phi) is 4.85. The van der Waals surface area contributed by atoms with Crippen LogP contribution in [0.1, 0.15) is 58.6 Å². The maximum absolute atomic E-state index is 12.3. The molecule has 1 N–H and O–H groups in total. The first kappa shape index (κ1) is 17.6. The van der Waals surface area contributed by atoms with Crippen LogP contribution in [0.2, 0.25) is 0 Å².